The molecule has 3 aliphatic carbocycles. The van der Waals surface area contributed by atoms with E-state index in [4.69, 9.17) is 18.4 Å². The van der Waals surface area contributed by atoms with Crippen molar-refractivity contribution in [1.82, 2.24) is 15.0 Å². The van der Waals surface area contributed by atoms with E-state index in [-0.39, 0.29) is 33.7 Å². The summed E-state index contributed by atoms with van der Waals surface area (Å²) in [5.74, 6) is -1.30. The van der Waals surface area contributed by atoms with Gasteiger partial charge in [0.25, 0.3) is 5.88 Å². The predicted molar refractivity (Wildman–Crippen MR) is 178 cm³/mol. The number of fused-ring (bicyclic) bond motifs is 4. The van der Waals surface area contributed by atoms with E-state index in [9.17, 15) is 5.11 Å². The Balaban J connectivity index is 1.75. The molecule has 2 heterocycles. The molecule has 0 amide bonds. The lowest BCUT2D eigenvalue weighted by molar-refractivity contribution is -0.140. The summed E-state index contributed by atoms with van der Waals surface area (Å²) in [5.41, 5.74) is 0.565. The van der Waals surface area contributed by atoms with Gasteiger partial charge >= 0.3 is 0 Å². The van der Waals surface area contributed by atoms with Crippen LogP contribution < -0.4 is 9.47 Å². The lowest BCUT2D eigenvalue weighted by Gasteiger charge is -2.55. The van der Waals surface area contributed by atoms with Gasteiger partial charge in [-0.05, 0) is 87.5 Å². The first-order valence-corrected chi connectivity index (χ1v) is 19.7. The fraction of sp³-hybridized carbons (Fsp3) is 0.657. The number of aliphatic hydroxyl groups excluding tert-OH is 1. The van der Waals surface area contributed by atoms with Crippen molar-refractivity contribution in [3.8, 4) is 11.8 Å². The first-order valence-electron chi connectivity index (χ1n) is 16.8. The zero-order valence-corrected chi connectivity index (χ0v) is 30.2. The van der Waals surface area contributed by atoms with Gasteiger partial charge in [0.05, 0.1) is 24.8 Å². The zero-order valence-electron chi connectivity index (χ0n) is 29.2. The second kappa shape index (κ2) is 12.5. The average molecular weight is 654 g/mol. The number of hydrogen-bond donors (Lipinski definition) is 1. The molecule has 0 aliphatic heterocycles. The minimum atomic E-state index is -2.79. The minimum Gasteiger partial charge on any atom is -0.507 e. The van der Waals surface area contributed by atoms with Crippen molar-refractivity contribution >= 4 is 25.6 Å². The Morgan fingerprint density at radius 2 is 1.67 bits per heavy atom. The van der Waals surface area contributed by atoms with Crippen molar-refractivity contribution in [2.24, 2.45) is 11.8 Å². The van der Waals surface area contributed by atoms with E-state index < -0.39 is 37.4 Å². The SMILES string of the molecule is CCCCOc1nc(C)cc2c1C(O)=C1C(=O)[C@]3(O[Si](C)(C)C(C)(C)C)C(=O)c4c(OCCCC)noc4[C@@H](N(C)C)[C@@H]3C[C@@H]1C2. The molecule has 10 nitrogen and oxygen atoms in total. The van der Waals surface area contributed by atoms with Crippen LogP contribution in [0.3, 0.4) is 0 Å². The molecule has 0 unspecified atom stereocenters. The molecule has 0 radical (unpaired) electrons. The number of hydrogen-bond acceptors (Lipinski definition) is 10. The van der Waals surface area contributed by atoms with Crippen molar-refractivity contribution in [1.29, 1.82) is 0 Å². The van der Waals surface area contributed by atoms with Crippen LogP contribution in [0.5, 0.6) is 11.8 Å². The Morgan fingerprint density at radius 3 is 2.26 bits per heavy atom. The Kier molecular flexibility index (Phi) is 9.35. The van der Waals surface area contributed by atoms with Gasteiger partial charge in [0.1, 0.15) is 11.3 Å². The smallest absolute Gasteiger partial charge is 0.265 e. The third-order valence-electron chi connectivity index (χ3n) is 10.4. The molecule has 0 spiro atoms. The predicted octanol–water partition coefficient (Wildman–Crippen LogP) is 7.03. The van der Waals surface area contributed by atoms with Crippen LogP contribution >= 0.6 is 0 Å². The van der Waals surface area contributed by atoms with E-state index in [2.05, 4.69) is 57.9 Å². The summed E-state index contributed by atoms with van der Waals surface area (Å²) in [4.78, 5) is 37.1. The highest BCUT2D eigenvalue weighted by atomic mass is 28.4. The number of aromatic nitrogens is 2. The van der Waals surface area contributed by atoms with Gasteiger partial charge in [-0.1, -0.05) is 47.5 Å². The summed E-state index contributed by atoms with van der Waals surface area (Å²) in [6.45, 7) is 17.2. The number of nitrogens with zero attached hydrogens (tertiary/aromatic N) is 3. The van der Waals surface area contributed by atoms with Gasteiger partial charge in [0.2, 0.25) is 17.4 Å². The van der Waals surface area contributed by atoms with Crippen molar-refractivity contribution in [2.75, 3.05) is 27.3 Å². The molecule has 3 aliphatic rings. The van der Waals surface area contributed by atoms with Crippen molar-refractivity contribution in [3.05, 3.63) is 39.8 Å². The number of pyridine rings is 1. The molecular formula is C35H51N3O7Si. The first-order chi connectivity index (χ1) is 21.6. The molecule has 2 aromatic heterocycles. The quantitative estimate of drug-likeness (QED) is 0.154. The fourth-order valence-corrected chi connectivity index (χ4v) is 8.44. The van der Waals surface area contributed by atoms with E-state index in [0.717, 1.165) is 36.9 Å². The average Bonchev–Trinajstić information content (AvgIpc) is 3.37. The number of ketones is 2. The highest BCUT2D eigenvalue weighted by Gasteiger charge is 2.68. The van der Waals surface area contributed by atoms with Gasteiger partial charge in [0, 0.05) is 17.2 Å². The van der Waals surface area contributed by atoms with Crippen LogP contribution in [-0.4, -0.2) is 72.9 Å². The third-order valence-corrected chi connectivity index (χ3v) is 14.8. The largest absolute Gasteiger partial charge is 0.507 e. The molecule has 4 atom stereocenters. The first kappa shape index (κ1) is 34.3. The fourth-order valence-electron chi connectivity index (χ4n) is 6.99. The highest BCUT2D eigenvalue weighted by Crippen LogP contribution is 2.59. The Morgan fingerprint density at radius 1 is 1.04 bits per heavy atom. The van der Waals surface area contributed by atoms with Crippen LogP contribution in [0.15, 0.2) is 16.2 Å². The topological polar surface area (TPSA) is 124 Å². The van der Waals surface area contributed by atoms with Crippen LogP contribution in [0, 0.1) is 18.8 Å². The molecule has 5 rings (SSSR count). The Labute approximate surface area is 274 Å². The second-order valence-electron chi connectivity index (χ2n) is 14.9. The van der Waals surface area contributed by atoms with E-state index in [1.54, 1.807) is 0 Å². The van der Waals surface area contributed by atoms with E-state index in [0.29, 0.717) is 43.3 Å². The van der Waals surface area contributed by atoms with Gasteiger partial charge in [-0.15, -0.1) is 0 Å². The molecule has 46 heavy (non-hydrogen) atoms. The van der Waals surface area contributed by atoms with Gasteiger partial charge in [0.15, 0.2) is 19.7 Å². The van der Waals surface area contributed by atoms with Gasteiger partial charge in [-0.2, -0.15) is 0 Å². The number of rotatable bonds is 11. The second-order valence-corrected chi connectivity index (χ2v) is 19.6. The number of Topliss-reactive ketones (excluding diaryl/α,β-unsaturated/α-hetero) is 2. The Bertz CT molecular complexity index is 1540. The van der Waals surface area contributed by atoms with Gasteiger partial charge in [-0.3, -0.25) is 14.5 Å². The summed E-state index contributed by atoms with van der Waals surface area (Å²) in [6, 6.07) is 1.46. The highest BCUT2D eigenvalue weighted by molar-refractivity contribution is 6.74. The normalized spacial score (nSPS) is 24.5. The lowest BCUT2D eigenvalue weighted by Crippen LogP contribution is -2.68. The van der Waals surface area contributed by atoms with Gasteiger partial charge in [-0.25, -0.2) is 4.98 Å². The zero-order chi connectivity index (χ0) is 33.8. The summed E-state index contributed by atoms with van der Waals surface area (Å²) < 4.78 is 25.1. The number of carbonyl (C=O) groups excluding carboxylic acids is 2. The summed E-state index contributed by atoms with van der Waals surface area (Å²) >= 11 is 0. The molecule has 0 saturated heterocycles. The number of ether oxygens (including phenoxy) is 2. The summed E-state index contributed by atoms with van der Waals surface area (Å²) in [7, 11) is 1.04. The maximum Gasteiger partial charge on any atom is 0.265 e. The molecule has 11 heteroatoms. The molecule has 1 N–H and O–H groups in total. The van der Waals surface area contributed by atoms with Crippen LogP contribution in [0.4, 0.5) is 0 Å². The van der Waals surface area contributed by atoms with Crippen LogP contribution in [0.2, 0.25) is 18.1 Å². The van der Waals surface area contributed by atoms with Crippen LogP contribution in [0.25, 0.3) is 5.76 Å². The summed E-state index contributed by atoms with van der Waals surface area (Å²) in [5, 5.41) is 16.0. The number of aliphatic hydroxyl groups is 1. The lowest BCUT2D eigenvalue weighted by atomic mass is 9.57. The van der Waals surface area contributed by atoms with Crippen molar-refractivity contribution < 1.29 is 33.1 Å². The molecule has 1 saturated carbocycles. The van der Waals surface area contributed by atoms with E-state index in [1.165, 1.54) is 0 Å². The molecule has 0 bridgehead atoms. The van der Waals surface area contributed by atoms with Crippen LogP contribution in [0.1, 0.15) is 106 Å². The number of aryl methyl sites for hydroxylation is 1. The number of unbranched alkanes of at least 4 members (excludes halogenated alkanes) is 2. The maximum atomic E-state index is 15.3. The van der Waals surface area contributed by atoms with Crippen molar-refractivity contribution in [2.45, 2.75) is 110 Å². The number of carbonyl (C=O) groups is 2. The maximum absolute atomic E-state index is 15.3. The molecule has 1 fully saturated rings. The monoisotopic (exact) mass is 653 g/mol. The molecule has 252 valence electrons. The van der Waals surface area contributed by atoms with Crippen LogP contribution in [-0.2, 0) is 15.6 Å². The van der Waals surface area contributed by atoms with Crippen molar-refractivity contribution in [3.63, 3.8) is 0 Å². The van der Waals surface area contributed by atoms with E-state index >= 15 is 9.59 Å². The summed E-state index contributed by atoms with van der Waals surface area (Å²) in [6.07, 6.45) is 4.39. The molecule has 0 aromatic carbocycles. The molecular weight excluding hydrogens is 602 g/mol. The Hall–Kier alpha value is -3.02. The molecule has 2 aromatic rings. The van der Waals surface area contributed by atoms with Gasteiger partial charge < -0.3 is 23.5 Å². The standard InChI is InChI=1S/C35H51N3O7Si/c1-11-13-15-42-32-25-21(17-20(3)36-32)18-22-19-23-27(38(7)8)29-26(33(37-44-29)43-16-14-12-2)31(41)35(23,30(40)24(22)28(25)39)45-46(9,10)34(4,5)6/h17,22-23,27,39H,11-16,18-19H2,1-10H3/t22-,23-,27-,35-/m0/s1. The van der Waals surface area contributed by atoms with E-state index in [1.807, 2.05) is 32.0 Å². The minimum absolute atomic E-state index is 0.0883. The third kappa shape index (κ3) is 5.51.